The van der Waals surface area contributed by atoms with Crippen molar-refractivity contribution in [3.05, 3.63) is 50.1 Å². The predicted octanol–water partition coefficient (Wildman–Crippen LogP) is 2.24. The van der Waals surface area contributed by atoms with Crippen molar-refractivity contribution in [1.82, 2.24) is 0 Å². The van der Waals surface area contributed by atoms with Crippen molar-refractivity contribution in [2.75, 3.05) is 0 Å². The first kappa shape index (κ1) is 10.8. The van der Waals surface area contributed by atoms with Crippen LogP contribution in [0.1, 0.15) is 5.56 Å². The number of hydrogen-bond acceptors (Lipinski definition) is 4. The lowest BCUT2D eigenvalue weighted by Gasteiger charge is -1.81. The zero-order chi connectivity index (χ0) is 10.3. The number of aryl methyl sites for hydroxylation is 1. The van der Waals surface area contributed by atoms with Crippen molar-refractivity contribution in [1.29, 1.82) is 5.39 Å². The fourth-order valence-electron chi connectivity index (χ4n) is 0.611. The zero-order valence-corrected chi connectivity index (χ0v) is 6.88. The first-order valence-corrected chi connectivity index (χ1v) is 3.29. The van der Waals surface area contributed by atoms with E-state index in [2.05, 4.69) is 4.98 Å². The molecule has 0 aliphatic heterocycles. The molecule has 0 amide bonds. The minimum atomic E-state index is -1.75. The summed E-state index contributed by atoms with van der Waals surface area (Å²) in [6.07, 6.45) is 0. The van der Waals surface area contributed by atoms with Gasteiger partial charge in [-0.2, -0.15) is 0 Å². The van der Waals surface area contributed by atoms with Crippen molar-refractivity contribution in [2.45, 2.75) is 6.92 Å². The van der Waals surface area contributed by atoms with Crippen LogP contribution >= 0.6 is 0 Å². The van der Waals surface area contributed by atoms with Gasteiger partial charge in [0, 0.05) is 12.1 Å². The maximum absolute atomic E-state index is 8.25. The van der Waals surface area contributed by atoms with Crippen LogP contribution in [0.3, 0.4) is 0 Å². The van der Waals surface area contributed by atoms with Gasteiger partial charge < -0.3 is 15.3 Å². The quantitative estimate of drug-likeness (QED) is 0.348. The summed E-state index contributed by atoms with van der Waals surface area (Å²) in [7, 11) is 0. The highest BCUT2D eigenvalue weighted by Crippen LogP contribution is 2.10. The summed E-state index contributed by atoms with van der Waals surface area (Å²) in [5.74, 6) is 0. The van der Waals surface area contributed by atoms with E-state index in [1.54, 1.807) is 12.1 Å². The Morgan fingerprint density at radius 1 is 1.31 bits per heavy atom. The fourth-order valence-corrected chi connectivity index (χ4v) is 0.611. The average molecular weight is 181 g/mol. The maximum atomic E-state index is 8.25. The third-order valence-electron chi connectivity index (χ3n) is 1.15. The monoisotopic (exact) mass is 181 g/mol. The molecule has 0 unspecified atom stereocenters. The zero-order valence-electron chi connectivity index (χ0n) is 6.88. The second kappa shape index (κ2) is 5.49. The molecule has 0 aromatic heterocycles. The molecule has 1 aromatic carbocycles. The van der Waals surface area contributed by atoms with E-state index in [4.69, 9.17) is 20.7 Å². The highest BCUT2D eigenvalue weighted by atomic mass is 16.9. The number of hydrogen-bond donors (Lipinski definition) is 0. The fraction of sp³-hybridized carbons (Fsp3) is 0.143. The molecule has 0 radical (unpaired) electrons. The second-order valence-corrected chi connectivity index (χ2v) is 2.16. The Labute approximate surface area is 74.2 Å². The van der Waals surface area contributed by atoms with E-state index in [9.17, 15) is 0 Å². The molecular weight excluding hydrogens is 174 g/mol. The lowest BCUT2D eigenvalue weighted by Crippen LogP contribution is -1.74. The van der Waals surface area contributed by atoms with Crippen LogP contribution in [-0.4, -0.2) is 5.09 Å². The van der Waals surface area contributed by atoms with E-state index in [0.29, 0.717) is 5.69 Å². The van der Waals surface area contributed by atoms with E-state index in [-0.39, 0.29) is 0 Å². The summed E-state index contributed by atoms with van der Waals surface area (Å²) in [6.45, 7) is 1.99. The molecule has 6 heteroatoms. The maximum Gasteiger partial charge on any atom is 0.385 e. The summed E-state index contributed by atoms with van der Waals surface area (Å²) < 4.78 is 0. The van der Waals surface area contributed by atoms with Crippen molar-refractivity contribution in [2.24, 2.45) is 0 Å². The van der Waals surface area contributed by atoms with Crippen LogP contribution < -0.4 is 0 Å². The molecule has 6 nitrogen and oxygen atoms in total. The number of diazo groups is 1. The Morgan fingerprint density at radius 2 is 1.69 bits per heavy atom. The van der Waals surface area contributed by atoms with Gasteiger partial charge in [-0.3, -0.25) is 0 Å². The Hall–Kier alpha value is -2.16. The molecule has 0 fully saturated rings. The Kier molecular flexibility index (Phi) is 4.57. The number of rotatable bonds is 0. The molecule has 0 bridgehead atoms. The standard InChI is InChI=1S/C7H7N2.NO3/c1-6-2-4-7(9-8)5-3-6;2-1(3)4/h2-5H,1H3;/q+1;-1. The van der Waals surface area contributed by atoms with Gasteiger partial charge in [-0.05, 0) is 6.92 Å². The molecule has 1 aromatic rings. The van der Waals surface area contributed by atoms with Gasteiger partial charge in [0.05, 0.1) is 5.09 Å². The smallest absolute Gasteiger partial charge is 0.356 e. The van der Waals surface area contributed by atoms with Crippen LogP contribution in [0.2, 0.25) is 0 Å². The number of benzene rings is 1. The summed E-state index contributed by atoms with van der Waals surface area (Å²) in [5.41, 5.74) is 1.77. The molecule has 0 saturated heterocycles. The minimum absolute atomic E-state index is 0.598. The van der Waals surface area contributed by atoms with Crippen LogP contribution in [0.4, 0.5) is 5.69 Å². The van der Waals surface area contributed by atoms with Gasteiger partial charge in [0.1, 0.15) is 0 Å². The van der Waals surface area contributed by atoms with E-state index in [1.807, 2.05) is 19.1 Å². The lowest BCUT2D eigenvalue weighted by atomic mass is 10.2. The van der Waals surface area contributed by atoms with Gasteiger partial charge in [0.2, 0.25) is 5.39 Å². The van der Waals surface area contributed by atoms with E-state index in [1.165, 1.54) is 5.56 Å². The third kappa shape index (κ3) is 6.25. The molecule has 0 N–H and O–H groups in total. The van der Waals surface area contributed by atoms with Crippen LogP contribution in [0.5, 0.6) is 0 Å². The van der Waals surface area contributed by atoms with E-state index in [0.717, 1.165) is 0 Å². The van der Waals surface area contributed by atoms with Crippen LogP contribution in [0.15, 0.2) is 24.3 Å². The predicted molar refractivity (Wildman–Crippen MR) is 46.3 cm³/mol. The minimum Gasteiger partial charge on any atom is -0.356 e. The van der Waals surface area contributed by atoms with E-state index < -0.39 is 5.09 Å². The summed E-state index contributed by atoms with van der Waals surface area (Å²) in [4.78, 5) is 11.3. The largest absolute Gasteiger partial charge is 0.385 e. The summed E-state index contributed by atoms with van der Waals surface area (Å²) >= 11 is 0. The highest BCUT2D eigenvalue weighted by molar-refractivity contribution is 5.44. The topological polar surface area (TPSA) is 94.3 Å². The molecule has 1 rings (SSSR count). The molecule has 0 atom stereocenters. The van der Waals surface area contributed by atoms with Crippen LogP contribution in [-0.2, 0) is 0 Å². The molecule has 0 aliphatic rings. The third-order valence-corrected chi connectivity index (χ3v) is 1.15. The van der Waals surface area contributed by atoms with Gasteiger partial charge in [-0.15, -0.1) is 0 Å². The molecule has 13 heavy (non-hydrogen) atoms. The Bertz CT molecular complexity index is 311. The SMILES string of the molecule is Cc1ccc([N+]#N)cc1.O=[N+]([O-])[O-]. The summed E-state index contributed by atoms with van der Waals surface area (Å²) in [6, 6.07) is 7.31. The molecule has 0 aliphatic carbocycles. The Morgan fingerprint density at radius 3 is 2.00 bits per heavy atom. The molecule has 0 saturated carbocycles. The molecule has 0 heterocycles. The highest BCUT2D eigenvalue weighted by Gasteiger charge is 1.98. The second-order valence-electron chi connectivity index (χ2n) is 2.16. The van der Waals surface area contributed by atoms with Crippen molar-refractivity contribution in [3.8, 4) is 0 Å². The van der Waals surface area contributed by atoms with Gasteiger partial charge in [0.15, 0.2) is 4.98 Å². The lowest BCUT2D eigenvalue weighted by molar-refractivity contribution is -0.402. The van der Waals surface area contributed by atoms with Crippen LogP contribution in [0, 0.1) is 27.6 Å². The van der Waals surface area contributed by atoms with E-state index >= 15 is 0 Å². The van der Waals surface area contributed by atoms with Gasteiger partial charge in [0.25, 0.3) is 0 Å². The Balaban J connectivity index is 0.000000310. The van der Waals surface area contributed by atoms with Crippen molar-refractivity contribution in [3.63, 3.8) is 0 Å². The summed E-state index contributed by atoms with van der Waals surface area (Å²) in [5, 5.41) is 23.0. The number of nitrogens with zero attached hydrogens (tertiary/aromatic N) is 3. The van der Waals surface area contributed by atoms with Gasteiger partial charge in [-0.25, -0.2) is 0 Å². The molecular formula is C7H7N3O3. The first-order valence-electron chi connectivity index (χ1n) is 3.29. The van der Waals surface area contributed by atoms with Gasteiger partial charge in [-0.1, -0.05) is 17.7 Å². The van der Waals surface area contributed by atoms with Gasteiger partial charge >= 0.3 is 5.69 Å². The normalized spacial score (nSPS) is 7.69. The van der Waals surface area contributed by atoms with Crippen molar-refractivity contribution < 1.29 is 5.09 Å². The first-order chi connectivity index (χ1) is 6.06. The van der Waals surface area contributed by atoms with Crippen LogP contribution in [0.25, 0.3) is 4.98 Å². The molecule has 68 valence electrons. The van der Waals surface area contributed by atoms with Crippen molar-refractivity contribution >= 4 is 5.69 Å². The molecule has 0 spiro atoms. The average Bonchev–Trinajstić information content (AvgIpc) is 2.05.